The highest BCUT2D eigenvalue weighted by molar-refractivity contribution is 5.80. The van der Waals surface area contributed by atoms with Crippen molar-refractivity contribution < 1.29 is 4.74 Å². The predicted octanol–water partition coefficient (Wildman–Crippen LogP) is 0.918. The van der Waals surface area contributed by atoms with E-state index in [0.29, 0.717) is 11.4 Å². The number of hydrogen-bond donors (Lipinski definition) is 1. The molecule has 0 fully saturated rings. The average molecular weight is 192 g/mol. The van der Waals surface area contributed by atoms with Gasteiger partial charge in [0.05, 0.1) is 12.7 Å². The molecule has 14 heavy (non-hydrogen) atoms. The van der Waals surface area contributed by atoms with E-state index in [-0.39, 0.29) is 6.61 Å². The van der Waals surface area contributed by atoms with Crippen LogP contribution in [-0.2, 0) is 4.74 Å². The van der Waals surface area contributed by atoms with Gasteiger partial charge >= 0.3 is 0 Å². The highest BCUT2D eigenvalue weighted by Crippen LogP contribution is 1.97. The van der Waals surface area contributed by atoms with Crippen LogP contribution in [0, 0.1) is 22.8 Å². The molecular weight excluding hydrogens is 180 g/mol. The molecule has 0 rings (SSSR count). The second-order valence-electron chi connectivity index (χ2n) is 2.58. The van der Waals surface area contributed by atoms with Gasteiger partial charge in [0, 0.05) is 5.57 Å². The zero-order valence-corrected chi connectivity index (χ0v) is 8.24. The Bertz CT molecular complexity index is 308. The first-order chi connectivity index (χ1) is 6.60. The summed E-state index contributed by atoms with van der Waals surface area (Å²) in [7, 11) is 0. The molecule has 0 spiro atoms. The molecule has 0 radical (unpaired) electrons. The quantitative estimate of drug-likeness (QED) is 0.236. The molecule has 0 aliphatic rings. The minimum Gasteiger partial charge on any atom is -0.351 e. The normalized spacial score (nSPS) is 12.4. The second kappa shape index (κ2) is 6.64. The summed E-state index contributed by atoms with van der Waals surface area (Å²) in [5, 5.41) is 19.0. The van der Waals surface area contributed by atoms with Crippen molar-refractivity contribution in [3.63, 3.8) is 0 Å². The number of amidine groups is 1. The fourth-order valence-corrected chi connectivity index (χ4v) is 0.677. The molecular formula is C9H12N4O. The Morgan fingerprint density at radius 3 is 2.79 bits per heavy atom. The molecule has 0 aromatic carbocycles. The molecule has 5 nitrogen and oxygen atoms in total. The van der Waals surface area contributed by atoms with Crippen molar-refractivity contribution in [1.29, 1.82) is 10.5 Å². The van der Waals surface area contributed by atoms with Crippen molar-refractivity contribution in [2.75, 3.05) is 6.61 Å². The number of aliphatic imine (C=N–C) groups is 1. The topological polar surface area (TPSA) is 81.2 Å². The molecule has 0 aliphatic carbocycles. The van der Waals surface area contributed by atoms with Crippen LogP contribution in [0.2, 0.25) is 0 Å². The summed E-state index contributed by atoms with van der Waals surface area (Å²) in [6.45, 7) is 6.98. The molecule has 1 atom stereocenters. The van der Waals surface area contributed by atoms with Crippen LogP contribution in [0.3, 0.4) is 0 Å². The molecule has 0 amide bonds. The summed E-state index contributed by atoms with van der Waals surface area (Å²) in [5.74, 6) is 0.475. The predicted molar refractivity (Wildman–Crippen MR) is 52.0 cm³/mol. The van der Waals surface area contributed by atoms with Crippen molar-refractivity contribution in [2.24, 2.45) is 4.99 Å². The molecule has 0 aromatic heterocycles. The Morgan fingerprint density at radius 1 is 1.64 bits per heavy atom. The molecule has 0 saturated carbocycles. The third kappa shape index (κ3) is 5.76. The summed E-state index contributed by atoms with van der Waals surface area (Å²) in [4.78, 5) is 3.98. The van der Waals surface area contributed by atoms with Gasteiger partial charge in [0.1, 0.15) is 12.1 Å². The minimum absolute atomic E-state index is 0.154. The van der Waals surface area contributed by atoms with E-state index in [0.717, 1.165) is 0 Å². The lowest BCUT2D eigenvalue weighted by Crippen LogP contribution is -2.18. The van der Waals surface area contributed by atoms with Gasteiger partial charge in [-0.15, -0.1) is 0 Å². The van der Waals surface area contributed by atoms with E-state index in [2.05, 4.69) is 16.9 Å². The Balaban J connectivity index is 3.94. The van der Waals surface area contributed by atoms with Gasteiger partial charge in [-0.05, 0) is 13.8 Å². The summed E-state index contributed by atoms with van der Waals surface area (Å²) < 4.78 is 5.15. The molecule has 74 valence electrons. The van der Waals surface area contributed by atoms with Crippen LogP contribution in [0.4, 0.5) is 0 Å². The van der Waals surface area contributed by atoms with Gasteiger partial charge in [-0.1, -0.05) is 6.58 Å². The lowest BCUT2D eigenvalue weighted by Gasteiger charge is -2.08. The number of rotatable bonds is 4. The Hall–Kier alpha value is -1.85. The summed E-state index contributed by atoms with van der Waals surface area (Å²) in [5.41, 5.74) is 0.345. The van der Waals surface area contributed by atoms with Gasteiger partial charge in [0.15, 0.2) is 6.19 Å². The van der Waals surface area contributed by atoms with E-state index in [4.69, 9.17) is 15.3 Å². The zero-order chi connectivity index (χ0) is 11.0. The maximum Gasteiger partial charge on any atom is 0.182 e. The van der Waals surface area contributed by atoms with Gasteiger partial charge in [0.2, 0.25) is 0 Å². The lowest BCUT2D eigenvalue weighted by atomic mass is 10.4. The summed E-state index contributed by atoms with van der Waals surface area (Å²) >= 11 is 0. The van der Waals surface area contributed by atoms with Crippen LogP contribution in [-0.4, -0.2) is 18.7 Å². The number of nitrogens with zero attached hydrogens (tertiary/aromatic N) is 3. The first-order valence-electron chi connectivity index (χ1n) is 3.99. The van der Waals surface area contributed by atoms with Gasteiger partial charge in [-0.3, -0.25) is 5.32 Å². The highest BCUT2D eigenvalue weighted by atomic mass is 16.5. The van der Waals surface area contributed by atoms with E-state index in [1.807, 2.05) is 6.07 Å². The zero-order valence-electron chi connectivity index (χ0n) is 8.24. The summed E-state index contributed by atoms with van der Waals surface area (Å²) in [6.07, 6.45) is 1.34. The highest BCUT2D eigenvalue weighted by Gasteiger charge is 2.00. The molecule has 5 heteroatoms. The van der Waals surface area contributed by atoms with E-state index in [1.54, 1.807) is 20.0 Å². The first-order valence-corrected chi connectivity index (χ1v) is 3.99. The third-order valence-electron chi connectivity index (χ3n) is 1.27. The van der Waals surface area contributed by atoms with Crippen LogP contribution in [0.25, 0.3) is 0 Å². The number of hydrogen-bond acceptors (Lipinski definition) is 4. The molecule has 1 N–H and O–H groups in total. The van der Waals surface area contributed by atoms with Gasteiger partial charge in [0.25, 0.3) is 0 Å². The van der Waals surface area contributed by atoms with Gasteiger partial charge in [-0.25, -0.2) is 4.99 Å². The Kier molecular flexibility index (Phi) is 5.77. The standard InChI is InChI=1S/C9H12N4O/c1-7(4-10)5-14-9(3)13-8(2)12-6-11/h9H,1,5H2,2-3H3,(H,12,13). The van der Waals surface area contributed by atoms with E-state index < -0.39 is 6.23 Å². The third-order valence-corrected chi connectivity index (χ3v) is 1.27. The van der Waals surface area contributed by atoms with Crippen LogP contribution in [0.15, 0.2) is 17.1 Å². The van der Waals surface area contributed by atoms with Crippen LogP contribution >= 0.6 is 0 Å². The number of nitrogens with one attached hydrogen (secondary N) is 1. The van der Waals surface area contributed by atoms with E-state index >= 15 is 0 Å². The fraction of sp³-hybridized carbons (Fsp3) is 0.444. The van der Waals surface area contributed by atoms with Crippen molar-refractivity contribution in [1.82, 2.24) is 5.32 Å². The van der Waals surface area contributed by atoms with Crippen LogP contribution in [0.5, 0.6) is 0 Å². The van der Waals surface area contributed by atoms with Crippen molar-refractivity contribution in [3.05, 3.63) is 12.2 Å². The maximum atomic E-state index is 8.39. The minimum atomic E-state index is -0.402. The van der Waals surface area contributed by atoms with E-state index in [1.165, 1.54) is 0 Å². The SMILES string of the molecule is C=C(C#N)COC(C)N=C(C)NC#N. The molecule has 0 aliphatic heterocycles. The molecule has 0 aromatic rings. The molecule has 0 saturated heterocycles. The van der Waals surface area contributed by atoms with Crippen LogP contribution < -0.4 is 5.32 Å². The molecule has 0 bridgehead atoms. The first kappa shape index (κ1) is 12.2. The molecule has 0 heterocycles. The Morgan fingerprint density at radius 2 is 2.29 bits per heavy atom. The maximum absolute atomic E-state index is 8.39. The fourth-order valence-electron chi connectivity index (χ4n) is 0.677. The average Bonchev–Trinajstić information content (AvgIpc) is 2.14. The largest absolute Gasteiger partial charge is 0.351 e. The Labute approximate surface area is 83.3 Å². The van der Waals surface area contributed by atoms with Crippen molar-refractivity contribution >= 4 is 5.84 Å². The second-order valence-corrected chi connectivity index (χ2v) is 2.58. The van der Waals surface area contributed by atoms with Gasteiger partial charge < -0.3 is 4.74 Å². The summed E-state index contributed by atoms with van der Waals surface area (Å²) in [6, 6.07) is 1.86. The smallest absolute Gasteiger partial charge is 0.182 e. The van der Waals surface area contributed by atoms with Crippen molar-refractivity contribution in [2.45, 2.75) is 20.1 Å². The lowest BCUT2D eigenvalue weighted by molar-refractivity contribution is 0.0921. The van der Waals surface area contributed by atoms with Gasteiger partial charge in [-0.2, -0.15) is 10.5 Å². The van der Waals surface area contributed by atoms with Crippen LogP contribution in [0.1, 0.15) is 13.8 Å². The monoisotopic (exact) mass is 192 g/mol. The number of ether oxygens (including phenoxy) is 1. The van der Waals surface area contributed by atoms with E-state index in [9.17, 15) is 0 Å². The molecule has 1 unspecified atom stereocenters. The van der Waals surface area contributed by atoms with Crippen molar-refractivity contribution in [3.8, 4) is 12.3 Å². The number of nitriles is 2.